The molecule has 13 heteroatoms. The van der Waals surface area contributed by atoms with Gasteiger partial charge >= 0.3 is 6.18 Å². The number of nitrogens with one attached hydrogen (secondary N) is 2. The molecule has 1 aliphatic rings. The lowest BCUT2D eigenvalue weighted by atomic mass is 10.1. The minimum Gasteiger partial charge on any atom is -0.370 e. The Kier molecular flexibility index (Phi) is 7.08. The molecule has 160 valence electrons. The molecule has 1 fully saturated rings. The van der Waals surface area contributed by atoms with Gasteiger partial charge in [0.2, 0.25) is 5.91 Å². The van der Waals surface area contributed by atoms with Crippen LogP contribution in [-0.2, 0) is 19.1 Å². The Labute approximate surface area is 161 Å². The van der Waals surface area contributed by atoms with Gasteiger partial charge in [-0.3, -0.25) is 19.7 Å². The molecule has 0 aliphatic carbocycles. The van der Waals surface area contributed by atoms with E-state index in [0.717, 1.165) is 17.0 Å². The van der Waals surface area contributed by atoms with E-state index in [2.05, 4.69) is 5.32 Å². The van der Waals surface area contributed by atoms with Crippen molar-refractivity contribution in [3.63, 3.8) is 0 Å². The average Bonchev–Trinajstić information content (AvgIpc) is 2.61. The van der Waals surface area contributed by atoms with Crippen molar-refractivity contribution in [2.75, 3.05) is 36.5 Å². The van der Waals surface area contributed by atoms with Gasteiger partial charge in [-0.15, -0.1) is 0 Å². The molecule has 0 unspecified atom stereocenters. The summed E-state index contributed by atoms with van der Waals surface area (Å²) in [4.78, 5) is 36.3. The highest BCUT2D eigenvalue weighted by Crippen LogP contribution is 2.33. The van der Waals surface area contributed by atoms with Crippen molar-refractivity contribution in [1.82, 2.24) is 5.32 Å². The summed E-state index contributed by atoms with van der Waals surface area (Å²) < 4.78 is 68.8. The summed E-state index contributed by atoms with van der Waals surface area (Å²) in [5.74, 6) is -3.16. The summed E-state index contributed by atoms with van der Waals surface area (Å²) in [7, 11) is 0. The van der Waals surface area contributed by atoms with Crippen LogP contribution in [0.1, 0.15) is 12.0 Å². The SMILES string of the molecule is NC(=O)[C@H](NCC(F)(F)F)C(=O)Nc1ccc(N2CCOCC2=O)c(C(F)F)c1. The summed E-state index contributed by atoms with van der Waals surface area (Å²) >= 11 is 0. The van der Waals surface area contributed by atoms with Crippen molar-refractivity contribution in [3.8, 4) is 0 Å². The molecule has 4 N–H and O–H groups in total. The molecule has 3 amide bonds. The Balaban J connectivity index is 2.21. The van der Waals surface area contributed by atoms with E-state index in [0.29, 0.717) is 0 Å². The van der Waals surface area contributed by atoms with E-state index in [9.17, 15) is 36.3 Å². The second-order valence-electron chi connectivity index (χ2n) is 5.99. The molecule has 1 aliphatic heterocycles. The van der Waals surface area contributed by atoms with Crippen LogP contribution < -0.4 is 21.3 Å². The number of halogens is 5. The monoisotopic (exact) mass is 424 g/mol. The lowest BCUT2D eigenvalue weighted by molar-refractivity contribution is -0.135. The minimum atomic E-state index is -4.71. The normalized spacial score (nSPS) is 16.1. The number of alkyl halides is 5. The molecule has 0 spiro atoms. The first-order chi connectivity index (χ1) is 13.5. The first kappa shape index (κ1) is 22.5. The zero-order chi connectivity index (χ0) is 21.8. The van der Waals surface area contributed by atoms with Gasteiger partial charge in [0.1, 0.15) is 6.61 Å². The number of rotatable bonds is 7. The summed E-state index contributed by atoms with van der Waals surface area (Å²) in [6, 6.07) is 1.15. The van der Waals surface area contributed by atoms with Crippen molar-refractivity contribution in [3.05, 3.63) is 23.8 Å². The maximum absolute atomic E-state index is 13.5. The number of carbonyl (C=O) groups excluding carboxylic acids is 3. The molecule has 8 nitrogen and oxygen atoms in total. The van der Waals surface area contributed by atoms with Gasteiger partial charge in [-0.2, -0.15) is 13.2 Å². The van der Waals surface area contributed by atoms with E-state index < -0.39 is 48.5 Å². The average molecular weight is 424 g/mol. The Morgan fingerprint density at radius 2 is 1.97 bits per heavy atom. The van der Waals surface area contributed by atoms with Crippen molar-refractivity contribution >= 4 is 29.1 Å². The quantitative estimate of drug-likeness (QED) is 0.445. The van der Waals surface area contributed by atoms with Gasteiger partial charge in [0.25, 0.3) is 18.2 Å². The van der Waals surface area contributed by atoms with Gasteiger partial charge in [0.15, 0.2) is 6.04 Å². The molecule has 1 heterocycles. The van der Waals surface area contributed by atoms with Crippen molar-refractivity contribution in [2.45, 2.75) is 18.6 Å². The molecular weight excluding hydrogens is 407 g/mol. The molecule has 0 radical (unpaired) electrons. The molecule has 2 rings (SSSR count). The van der Waals surface area contributed by atoms with E-state index in [-0.39, 0.29) is 31.1 Å². The molecule has 1 atom stereocenters. The highest BCUT2D eigenvalue weighted by molar-refractivity contribution is 6.09. The summed E-state index contributed by atoms with van der Waals surface area (Å²) in [6.07, 6.45) is -7.73. The lowest BCUT2D eigenvalue weighted by Crippen LogP contribution is -2.52. The van der Waals surface area contributed by atoms with Gasteiger partial charge in [0.05, 0.1) is 18.8 Å². The molecule has 0 bridgehead atoms. The van der Waals surface area contributed by atoms with Gasteiger partial charge in [0, 0.05) is 17.8 Å². The molecule has 1 aromatic carbocycles. The van der Waals surface area contributed by atoms with E-state index in [4.69, 9.17) is 10.5 Å². The standard InChI is InChI=1S/C16H17F5N4O4/c17-13(18)9-5-8(1-2-10(9)25-3-4-29-6-11(25)26)24-15(28)12(14(22)27)23-7-16(19,20)21/h1-2,5,12-13,23H,3-4,6-7H2,(H2,22,27)(H,24,28)/t12-/m0/s1. The Morgan fingerprint density at radius 3 is 2.52 bits per heavy atom. The van der Waals surface area contributed by atoms with Crippen LogP contribution >= 0.6 is 0 Å². The third-order valence-electron chi connectivity index (χ3n) is 3.86. The van der Waals surface area contributed by atoms with Gasteiger partial charge in [-0.25, -0.2) is 8.78 Å². The number of nitrogens with two attached hydrogens (primary N) is 1. The first-order valence-corrected chi connectivity index (χ1v) is 8.20. The predicted molar refractivity (Wildman–Crippen MR) is 90.2 cm³/mol. The molecule has 1 aromatic rings. The van der Waals surface area contributed by atoms with Crippen molar-refractivity contribution in [2.24, 2.45) is 5.73 Å². The number of anilines is 2. The maximum atomic E-state index is 13.5. The number of morpholine rings is 1. The number of amides is 3. The van der Waals surface area contributed by atoms with Gasteiger partial charge < -0.3 is 20.7 Å². The number of ether oxygens (including phenoxy) is 1. The fourth-order valence-electron chi connectivity index (χ4n) is 2.58. The Morgan fingerprint density at radius 1 is 1.28 bits per heavy atom. The summed E-state index contributed by atoms with van der Waals surface area (Å²) in [5, 5.41) is 3.72. The van der Waals surface area contributed by atoms with E-state index in [1.54, 1.807) is 5.32 Å². The van der Waals surface area contributed by atoms with Crippen LogP contribution in [0.3, 0.4) is 0 Å². The topological polar surface area (TPSA) is 114 Å². The van der Waals surface area contributed by atoms with Crippen LogP contribution in [0.5, 0.6) is 0 Å². The van der Waals surface area contributed by atoms with Crippen LogP contribution in [0.25, 0.3) is 0 Å². The molecule has 29 heavy (non-hydrogen) atoms. The number of hydrogen-bond acceptors (Lipinski definition) is 5. The third kappa shape index (κ3) is 6.09. The van der Waals surface area contributed by atoms with Crippen LogP contribution in [0, 0.1) is 0 Å². The lowest BCUT2D eigenvalue weighted by Gasteiger charge is -2.29. The van der Waals surface area contributed by atoms with Crippen LogP contribution in [-0.4, -0.2) is 56.2 Å². The number of carbonyl (C=O) groups is 3. The maximum Gasteiger partial charge on any atom is 0.401 e. The third-order valence-corrected chi connectivity index (χ3v) is 3.86. The van der Waals surface area contributed by atoms with Crippen molar-refractivity contribution in [1.29, 1.82) is 0 Å². The first-order valence-electron chi connectivity index (χ1n) is 8.20. The Bertz CT molecular complexity index is 787. The fraction of sp³-hybridized carbons (Fsp3) is 0.438. The van der Waals surface area contributed by atoms with E-state index >= 15 is 0 Å². The second kappa shape index (κ2) is 9.13. The number of primary amides is 1. The Hall–Kier alpha value is -2.80. The highest BCUT2D eigenvalue weighted by atomic mass is 19.4. The fourth-order valence-corrected chi connectivity index (χ4v) is 2.58. The number of benzene rings is 1. The molecular formula is C16H17F5N4O4. The van der Waals surface area contributed by atoms with Gasteiger partial charge in [-0.05, 0) is 18.2 Å². The number of nitrogens with zero attached hydrogens (tertiary/aromatic N) is 1. The predicted octanol–water partition coefficient (Wildman–Crippen LogP) is 0.932. The van der Waals surface area contributed by atoms with Crippen molar-refractivity contribution < 1.29 is 41.1 Å². The highest BCUT2D eigenvalue weighted by Gasteiger charge is 2.33. The van der Waals surface area contributed by atoms with Gasteiger partial charge in [-0.1, -0.05) is 0 Å². The summed E-state index contributed by atoms with van der Waals surface area (Å²) in [5.41, 5.74) is 4.04. The van der Waals surface area contributed by atoms with E-state index in [1.807, 2.05) is 0 Å². The largest absolute Gasteiger partial charge is 0.401 e. The van der Waals surface area contributed by atoms with Crippen LogP contribution in [0.4, 0.5) is 33.3 Å². The smallest absolute Gasteiger partial charge is 0.370 e. The zero-order valence-electron chi connectivity index (χ0n) is 14.8. The summed E-state index contributed by atoms with van der Waals surface area (Å²) in [6.45, 7) is -1.73. The zero-order valence-corrected chi connectivity index (χ0v) is 14.8. The molecule has 0 aromatic heterocycles. The minimum absolute atomic E-state index is 0.0510. The van der Waals surface area contributed by atoms with E-state index in [1.165, 1.54) is 6.07 Å². The molecule has 1 saturated heterocycles. The second-order valence-corrected chi connectivity index (χ2v) is 5.99. The molecule has 0 saturated carbocycles. The van der Waals surface area contributed by atoms with Crippen LogP contribution in [0.15, 0.2) is 18.2 Å². The van der Waals surface area contributed by atoms with Crippen LogP contribution in [0.2, 0.25) is 0 Å². The number of hydrogen-bond donors (Lipinski definition) is 3.